The van der Waals surface area contributed by atoms with E-state index in [0.717, 1.165) is 6.26 Å². The van der Waals surface area contributed by atoms with E-state index in [0.29, 0.717) is 18.1 Å². The second-order valence-corrected chi connectivity index (χ2v) is 7.44. The van der Waals surface area contributed by atoms with Crippen LogP contribution in [0.25, 0.3) is 0 Å². The van der Waals surface area contributed by atoms with Crippen molar-refractivity contribution >= 4 is 33.2 Å². The average Bonchev–Trinajstić information content (AvgIpc) is 2.82. The molecule has 2 rings (SSSR count). The number of aliphatic hydroxyl groups excluding tert-OH is 1. The highest BCUT2D eigenvalue weighted by Crippen LogP contribution is 2.21. The molecule has 1 saturated heterocycles. The van der Waals surface area contributed by atoms with E-state index in [9.17, 15) is 18.3 Å². The minimum absolute atomic E-state index is 0.0746. The lowest BCUT2D eigenvalue weighted by molar-refractivity contribution is 0.0928. The zero-order chi connectivity index (χ0) is 16.3. The number of benzene rings is 1. The third kappa shape index (κ3) is 4.57. The Morgan fingerprint density at radius 3 is 2.77 bits per heavy atom. The Labute approximate surface area is 134 Å². The number of nitrogens with one attached hydrogen (secondary N) is 3. The number of sulfonamides is 1. The molecular weight excluding hydrogens is 330 g/mol. The number of halogens is 1. The molecule has 1 aromatic rings. The molecule has 1 aromatic carbocycles. The van der Waals surface area contributed by atoms with Crippen LogP contribution in [0.4, 0.5) is 5.69 Å². The number of carbonyl (C=O) groups is 1. The van der Waals surface area contributed by atoms with E-state index >= 15 is 0 Å². The zero-order valence-electron chi connectivity index (χ0n) is 12.0. The number of hydrogen-bond acceptors (Lipinski definition) is 5. The molecule has 2 atom stereocenters. The second kappa shape index (κ2) is 6.82. The van der Waals surface area contributed by atoms with Gasteiger partial charge in [-0.05, 0) is 18.2 Å². The number of rotatable bonds is 5. The third-order valence-electron chi connectivity index (χ3n) is 3.35. The normalized spacial score (nSPS) is 21.6. The van der Waals surface area contributed by atoms with Crippen LogP contribution in [0, 0.1) is 5.92 Å². The Balaban J connectivity index is 2.12. The van der Waals surface area contributed by atoms with Crippen molar-refractivity contribution in [2.24, 2.45) is 5.92 Å². The minimum Gasteiger partial charge on any atom is -0.391 e. The van der Waals surface area contributed by atoms with Crippen LogP contribution in [0.5, 0.6) is 0 Å². The Bertz CT molecular complexity index is 665. The van der Waals surface area contributed by atoms with E-state index in [1.165, 1.54) is 18.2 Å². The molecule has 22 heavy (non-hydrogen) atoms. The van der Waals surface area contributed by atoms with E-state index in [2.05, 4.69) is 15.4 Å². The summed E-state index contributed by atoms with van der Waals surface area (Å²) in [6, 6.07) is 4.33. The van der Waals surface area contributed by atoms with E-state index < -0.39 is 22.0 Å². The highest BCUT2D eigenvalue weighted by Gasteiger charge is 2.25. The number of amides is 1. The first-order chi connectivity index (χ1) is 10.3. The number of hydrogen-bond donors (Lipinski definition) is 4. The number of carbonyl (C=O) groups excluding carboxylic acids is 1. The van der Waals surface area contributed by atoms with Crippen LogP contribution in [0.2, 0.25) is 5.02 Å². The molecule has 7 nitrogen and oxygen atoms in total. The van der Waals surface area contributed by atoms with Crippen molar-refractivity contribution < 1.29 is 18.3 Å². The molecule has 0 aromatic heterocycles. The topological polar surface area (TPSA) is 108 Å². The van der Waals surface area contributed by atoms with Crippen molar-refractivity contribution in [2.45, 2.75) is 6.10 Å². The Kier molecular flexibility index (Phi) is 5.28. The monoisotopic (exact) mass is 347 g/mol. The lowest BCUT2D eigenvalue weighted by Crippen LogP contribution is -2.34. The maximum atomic E-state index is 12.3. The second-order valence-electron chi connectivity index (χ2n) is 5.26. The number of β-amino-alcohol motifs (C(OH)–C–C–N with tert-alkyl or cyclic N) is 1. The summed E-state index contributed by atoms with van der Waals surface area (Å²) >= 11 is 5.88. The average molecular weight is 348 g/mol. The predicted molar refractivity (Wildman–Crippen MR) is 84.6 cm³/mol. The molecule has 1 heterocycles. The largest absolute Gasteiger partial charge is 0.391 e. The minimum atomic E-state index is -3.51. The van der Waals surface area contributed by atoms with Crippen LogP contribution in [0.1, 0.15) is 10.4 Å². The molecular formula is C13H18ClN3O4S. The third-order valence-corrected chi connectivity index (χ3v) is 4.18. The summed E-state index contributed by atoms with van der Waals surface area (Å²) in [6.07, 6.45) is 0.498. The van der Waals surface area contributed by atoms with Gasteiger partial charge in [-0.3, -0.25) is 9.52 Å². The van der Waals surface area contributed by atoms with Gasteiger partial charge in [0.1, 0.15) is 0 Å². The first-order valence-electron chi connectivity index (χ1n) is 6.70. The molecule has 0 radical (unpaired) electrons. The predicted octanol–water partition coefficient (Wildman–Crippen LogP) is 0.0216. The summed E-state index contributed by atoms with van der Waals surface area (Å²) < 4.78 is 25.0. The fraction of sp³-hybridized carbons (Fsp3) is 0.462. The molecule has 0 aliphatic carbocycles. The number of aliphatic hydroxyl groups is 1. The van der Waals surface area contributed by atoms with Crippen LogP contribution < -0.4 is 15.4 Å². The van der Waals surface area contributed by atoms with Gasteiger partial charge in [0.25, 0.3) is 5.91 Å². The SMILES string of the molecule is CS(=O)(=O)Nc1ccc(Cl)cc1C(=O)NCC1CNCC1O. The van der Waals surface area contributed by atoms with Gasteiger partial charge in [-0.2, -0.15) is 0 Å². The highest BCUT2D eigenvalue weighted by atomic mass is 35.5. The first-order valence-corrected chi connectivity index (χ1v) is 8.97. The van der Waals surface area contributed by atoms with Gasteiger partial charge >= 0.3 is 0 Å². The summed E-state index contributed by atoms with van der Waals surface area (Å²) in [5.41, 5.74) is 0.299. The van der Waals surface area contributed by atoms with Crippen LogP contribution in [0.3, 0.4) is 0 Å². The lowest BCUT2D eigenvalue weighted by atomic mass is 10.1. The maximum Gasteiger partial charge on any atom is 0.253 e. The van der Waals surface area contributed by atoms with Gasteiger partial charge < -0.3 is 15.7 Å². The fourth-order valence-corrected chi connectivity index (χ4v) is 2.99. The van der Waals surface area contributed by atoms with Crippen LogP contribution >= 0.6 is 11.6 Å². The van der Waals surface area contributed by atoms with Crippen molar-refractivity contribution in [1.82, 2.24) is 10.6 Å². The zero-order valence-corrected chi connectivity index (χ0v) is 13.5. The van der Waals surface area contributed by atoms with Gasteiger partial charge in [-0.1, -0.05) is 11.6 Å². The maximum absolute atomic E-state index is 12.3. The highest BCUT2D eigenvalue weighted by molar-refractivity contribution is 7.92. The van der Waals surface area contributed by atoms with Crippen molar-refractivity contribution in [3.63, 3.8) is 0 Å². The summed E-state index contributed by atoms with van der Waals surface area (Å²) in [4.78, 5) is 12.3. The van der Waals surface area contributed by atoms with E-state index in [1.807, 2.05) is 0 Å². The van der Waals surface area contributed by atoms with Gasteiger partial charge in [0, 0.05) is 30.6 Å². The summed E-state index contributed by atoms with van der Waals surface area (Å²) in [7, 11) is -3.51. The van der Waals surface area contributed by atoms with Gasteiger partial charge in [0.05, 0.1) is 23.6 Å². The van der Waals surface area contributed by atoms with Gasteiger partial charge in [-0.15, -0.1) is 0 Å². The number of anilines is 1. The molecule has 1 aliphatic rings. The van der Waals surface area contributed by atoms with Gasteiger partial charge in [0.15, 0.2) is 0 Å². The molecule has 4 N–H and O–H groups in total. The molecule has 0 bridgehead atoms. The molecule has 9 heteroatoms. The molecule has 2 unspecified atom stereocenters. The Hall–Kier alpha value is -1.35. The summed E-state index contributed by atoms with van der Waals surface area (Å²) in [5, 5.41) is 15.7. The quantitative estimate of drug-likeness (QED) is 0.600. The smallest absolute Gasteiger partial charge is 0.253 e. The van der Waals surface area contributed by atoms with Crippen molar-refractivity contribution in [2.75, 3.05) is 30.6 Å². The van der Waals surface area contributed by atoms with Crippen LogP contribution in [-0.2, 0) is 10.0 Å². The molecule has 1 amide bonds. The van der Waals surface area contributed by atoms with E-state index in [1.54, 1.807) is 0 Å². The molecule has 1 aliphatic heterocycles. The molecule has 0 saturated carbocycles. The first kappa shape index (κ1) is 17.0. The van der Waals surface area contributed by atoms with Gasteiger partial charge in [0.2, 0.25) is 10.0 Å². The molecule has 1 fully saturated rings. The van der Waals surface area contributed by atoms with E-state index in [4.69, 9.17) is 11.6 Å². The van der Waals surface area contributed by atoms with Crippen molar-refractivity contribution in [3.05, 3.63) is 28.8 Å². The Morgan fingerprint density at radius 2 is 2.18 bits per heavy atom. The van der Waals surface area contributed by atoms with Crippen LogP contribution in [0.15, 0.2) is 18.2 Å². The summed E-state index contributed by atoms with van der Waals surface area (Å²) in [6.45, 7) is 1.40. The van der Waals surface area contributed by atoms with Crippen molar-refractivity contribution in [1.29, 1.82) is 0 Å². The summed E-state index contributed by atoms with van der Waals surface area (Å²) in [5.74, 6) is -0.526. The Morgan fingerprint density at radius 1 is 1.45 bits per heavy atom. The fourth-order valence-electron chi connectivity index (χ4n) is 2.24. The van der Waals surface area contributed by atoms with Gasteiger partial charge in [-0.25, -0.2) is 8.42 Å². The van der Waals surface area contributed by atoms with E-state index in [-0.39, 0.29) is 23.7 Å². The molecule has 122 valence electrons. The van der Waals surface area contributed by atoms with Crippen molar-refractivity contribution in [3.8, 4) is 0 Å². The lowest BCUT2D eigenvalue weighted by Gasteiger charge is -2.16. The molecule has 0 spiro atoms. The van der Waals surface area contributed by atoms with Crippen LogP contribution in [-0.4, -0.2) is 51.4 Å². The standard InChI is InChI=1S/C13H18ClN3O4S/c1-22(20,21)17-11-3-2-9(14)4-10(11)13(19)16-6-8-5-15-7-12(8)18/h2-4,8,12,15,17-18H,5-7H2,1H3,(H,16,19).